The van der Waals surface area contributed by atoms with E-state index in [9.17, 15) is 36.3 Å². The van der Waals surface area contributed by atoms with Crippen LogP contribution < -0.4 is 5.32 Å². The number of benzene rings is 2. The first-order valence-corrected chi connectivity index (χ1v) is 15.2. The van der Waals surface area contributed by atoms with E-state index >= 15 is 0 Å². The number of carbonyl (C=O) groups excluding carboxylic acids is 2. The Balaban J connectivity index is 1.35. The van der Waals surface area contributed by atoms with E-state index in [-0.39, 0.29) is 48.4 Å². The molecule has 1 saturated heterocycles. The van der Waals surface area contributed by atoms with Crippen molar-refractivity contribution in [1.82, 2.24) is 14.5 Å². The topological polar surface area (TPSA) is 122 Å². The molecule has 0 radical (unpaired) electrons. The number of fused-ring (bicyclic) bond motifs is 1. The van der Waals surface area contributed by atoms with Crippen LogP contribution in [0, 0.1) is 5.92 Å². The minimum atomic E-state index is -4.27. The SMILES string of the molecule is CCS(=O)(=O)c1ccc([C@H](CO)C(=O)Nc2ccc3c(c2)nc(C(=O)N2CCC(C(F)(F)F)CC2)n3C2CC2)cc1. The van der Waals surface area contributed by atoms with E-state index in [1.165, 1.54) is 36.1 Å². The molecule has 2 amide bonds. The molecule has 3 aromatic rings. The Morgan fingerprint density at radius 3 is 2.29 bits per heavy atom. The minimum absolute atomic E-state index is 0.00604. The van der Waals surface area contributed by atoms with E-state index in [1.54, 1.807) is 18.2 Å². The van der Waals surface area contributed by atoms with Crippen LogP contribution in [-0.2, 0) is 14.6 Å². The fourth-order valence-corrected chi connectivity index (χ4v) is 6.11. The third-order valence-corrected chi connectivity index (χ3v) is 9.58. The maximum atomic E-state index is 13.4. The van der Waals surface area contributed by atoms with E-state index in [0.29, 0.717) is 22.3 Å². The van der Waals surface area contributed by atoms with E-state index in [0.717, 1.165) is 12.8 Å². The second-order valence-corrected chi connectivity index (χ2v) is 12.8. The summed E-state index contributed by atoms with van der Waals surface area (Å²) in [5.41, 5.74) is 1.97. The van der Waals surface area contributed by atoms with Gasteiger partial charge in [-0.3, -0.25) is 9.59 Å². The third-order valence-electron chi connectivity index (χ3n) is 7.83. The van der Waals surface area contributed by atoms with Crippen molar-refractivity contribution in [2.24, 2.45) is 5.92 Å². The zero-order chi connectivity index (χ0) is 29.5. The smallest absolute Gasteiger partial charge is 0.391 e. The number of nitrogens with one attached hydrogen (secondary N) is 1. The average molecular weight is 593 g/mol. The van der Waals surface area contributed by atoms with Gasteiger partial charge < -0.3 is 19.9 Å². The largest absolute Gasteiger partial charge is 0.395 e. The number of rotatable bonds is 8. The summed E-state index contributed by atoms with van der Waals surface area (Å²) in [7, 11) is -3.41. The zero-order valence-corrected chi connectivity index (χ0v) is 23.2. The van der Waals surface area contributed by atoms with Crippen LogP contribution in [-0.4, -0.2) is 71.4 Å². The summed E-state index contributed by atoms with van der Waals surface area (Å²) < 4.78 is 65.3. The Bertz CT molecular complexity index is 1560. The highest BCUT2D eigenvalue weighted by atomic mass is 32.2. The van der Waals surface area contributed by atoms with Gasteiger partial charge in [-0.2, -0.15) is 13.2 Å². The summed E-state index contributed by atoms with van der Waals surface area (Å²) in [6.45, 7) is 1.04. The molecule has 2 fully saturated rings. The van der Waals surface area contributed by atoms with Crippen LogP contribution in [0.3, 0.4) is 0 Å². The van der Waals surface area contributed by atoms with Gasteiger partial charge in [-0.25, -0.2) is 13.4 Å². The lowest BCUT2D eigenvalue weighted by atomic mass is 9.96. The highest BCUT2D eigenvalue weighted by Crippen LogP contribution is 2.40. The summed E-state index contributed by atoms with van der Waals surface area (Å²) in [6.07, 6.45) is -2.84. The normalized spacial score (nSPS) is 17.5. The number of alkyl halides is 3. The molecule has 1 saturated carbocycles. The number of likely N-dealkylation sites (tertiary alicyclic amines) is 1. The lowest BCUT2D eigenvalue weighted by molar-refractivity contribution is -0.183. The van der Waals surface area contributed by atoms with Gasteiger partial charge in [0.1, 0.15) is 0 Å². The number of hydrogen-bond acceptors (Lipinski definition) is 6. The van der Waals surface area contributed by atoms with Crippen LogP contribution in [0.2, 0.25) is 0 Å². The first-order chi connectivity index (χ1) is 19.4. The van der Waals surface area contributed by atoms with Crippen molar-refractivity contribution in [2.45, 2.75) is 55.6 Å². The highest BCUT2D eigenvalue weighted by molar-refractivity contribution is 7.91. The number of sulfone groups is 1. The Morgan fingerprint density at radius 2 is 1.73 bits per heavy atom. The Morgan fingerprint density at radius 1 is 1.07 bits per heavy atom. The molecule has 5 rings (SSSR count). The van der Waals surface area contributed by atoms with Crippen molar-refractivity contribution in [2.75, 3.05) is 30.8 Å². The van der Waals surface area contributed by atoms with Crippen LogP contribution in [0.5, 0.6) is 0 Å². The molecule has 2 aliphatic rings. The summed E-state index contributed by atoms with van der Waals surface area (Å²) in [4.78, 5) is 32.5. The third kappa shape index (κ3) is 5.96. The van der Waals surface area contributed by atoms with Crippen molar-refractivity contribution in [3.8, 4) is 0 Å². The number of carbonyl (C=O) groups is 2. The minimum Gasteiger partial charge on any atom is -0.395 e. The molecule has 13 heteroatoms. The van der Waals surface area contributed by atoms with Gasteiger partial charge in [-0.15, -0.1) is 0 Å². The summed E-state index contributed by atoms with van der Waals surface area (Å²) >= 11 is 0. The molecule has 220 valence electrons. The van der Waals surface area contributed by atoms with Crippen LogP contribution in [0.1, 0.15) is 60.7 Å². The molecule has 2 N–H and O–H groups in total. The van der Waals surface area contributed by atoms with Gasteiger partial charge in [0.15, 0.2) is 9.84 Å². The van der Waals surface area contributed by atoms with Crippen molar-refractivity contribution < 1.29 is 36.3 Å². The summed E-state index contributed by atoms with van der Waals surface area (Å²) in [5, 5.41) is 12.7. The van der Waals surface area contributed by atoms with Gasteiger partial charge in [-0.1, -0.05) is 19.1 Å². The van der Waals surface area contributed by atoms with Crippen molar-refractivity contribution in [3.63, 3.8) is 0 Å². The number of imidazole rings is 1. The van der Waals surface area contributed by atoms with Crippen LogP contribution >= 0.6 is 0 Å². The molecule has 0 spiro atoms. The molecular weight excluding hydrogens is 561 g/mol. The van der Waals surface area contributed by atoms with Gasteiger partial charge in [0.25, 0.3) is 5.91 Å². The quantitative estimate of drug-likeness (QED) is 0.403. The number of hydrogen-bond donors (Lipinski definition) is 2. The van der Waals surface area contributed by atoms with Crippen LogP contribution in [0.15, 0.2) is 47.4 Å². The molecule has 1 aliphatic carbocycles. The fraction of sp³-hybridized carbons (Fsp3) is 0.464. The van der Waals surface area contributed by atoms with Crippen molar-refractivity contribution in [3.05, 3.63) is 53.9 Å². The van der Waals surface area contributed by atoms with Gasteiger partial charge in [0.05, 0.1) is 40.1 Å². The molecule has 9 nitrogen and oxygen atoms in total. The summed E-state index contributed by atoms with van der Waals surface area (Å²) in [6, 6.07) is 10.9. The Labute approximate surface area is 235 Å². The van der Waals surface area contributed by atoms with E-state index in [1.807, 2.05) is 4.57 Å². The highest BCUT2D eigenvalue weighted by Gasteiger charge is 2.42. The van der Waals surface area contributed by atoms with Gasteiger partial charge in [-0.05, 0) is 61.6 Å². The van der Waals surface area contributed by atoms with Gasteiger partial charge in [0, 0.05) is 24.8 Å². The standard InChI is InChI=1S/C28H31F3N4O5S/c1-2-41(39,40)21-8-3-17(4-9-21)22(16-36)26(37)32-19-5-10-24-23(15-19)33-25(35(24)20-6-7-20)27(38)34-13-11-18(12-14-34)28(29,30)31/h3-5,8-10,15,18,20,22,36H,2,6-7,11-14,16H2,1H3,(H,32,37)/t22-/m0/s1. The second kappa shape index (κ2) is 11.1. The molecule has 2 aromatic carbocycles. The monoisotopic (exact) mass is 592 g/mol. The molecule has 0 bridgehead atoms. The van der Waals surface area contributed by atoms with E-state index in [4.69, 9.17) is 0 Å². The average Bonchev–Trinajstić information content (AvgIpc) is 3.72. The van der Waals surface area contributed by atoms with E-state index < -0.39 is 46.3 Å². The fourth-order valence-electron chi connectivity index (χ4n) is 5.22. The number of nitrogens with zero attached hydrogens (tertiary/aromatic N) is 3. The maximum absolute atomic E-state index is 13.4. The predicted octanol–water partition coefficient (Wildman–Crippen LogP) is 4.29. The number of aromatic nitrogens is 2. The number of halogens is 3. The van der Waals surface area contributed by atoms with Crippen LogP contribution in [0.4, 0.5) is 18.9 Å². The molecule has 1 aliphatic heterocycles. The molecular formula is C28H31F3N4O5S. The Hall–Kier alpha value is -3.45. The number of amides is 2. The molecule has 41 heavy (non-hydrogen) atoms. The molecule has 1 aromatic heterocycles. The summed E-state index contributed by atoms with van der Waals surface area (Å²) in [5.74, 6) is -3.17. The van der Waals surface area contributed by atoms with Crippen LogP contribution in [0.25, 0.3) is 11.0 Å². The first kappa shape index (κ1) is 29.1. The van der Waals surface area contributed by atoms with Crippen molar-refractivity contribution in [1.29, 1.82) is 0 Å². The zero-order valence-electron chi connectivity index (χ0n) is 22.4. The number of aliphatic hydroxyl groups excluding tert-OH is 1. The molecule has 2 heterocycles. The molecule has 1 atom stereocenters. The second-order valence-electron chi connectivity index (χ2n) is 10.5. The van der Waals surface area contributed by atoms with Gasteiger partial charge >= 0.3 is 6.18 Å². The maximum Gasteiger partial charge on any atom is 0.391 e. The number of piperidine rings is 1. The van der Waals surface area contributed by atoms with Gasteiger partial charge in [0.2, 0.25) is 11.7 Å². The Kier molecular flexibility index (Phi) is 7.86. The first-order valence-electron chi connectivity index (χ1n) is 13.6. The lowest BCUT2D eigenvalue weighted by Gasteiger charge is -2.32. The van der Waals surface area contributed by atoms with Crippen molar-refractivity contribution >= 4 is 38.4 Å². The number of aliphatic hydroxyl groups is 1. The predicted molar refractivity (Wildman–Crippen MR) is 145 cm³/mol. The number of anilines is 1. The molecule has 0 unspecified atom stereocenters. The van der Waals surface area contributed by atoms with E-state index in [2.05, 4.69) is 10.3 Å². The lowest BCUT2D eigenvalue weighted by Crippen LogP contribution is -2.42.